The number of aromatic nitrogens is 4. The van der Waals surface area contributed by atoms with Crippen LogP contribution < -0.4 is 4.74 Å². The summed E-state index contributed by atoms with van der Waals surface area (Å²) in [6.45, 7) is 2.82. The van der Waals surface area contributed by atoms with E-state index in [9.17, 15) is 14.9 Å². The molecule has 10 nitrogen and oxygen atoms in total. The smallest absolute Gasteiger partial charge is 0.362 e. The largest absolute Gasteiger partial charge is 0.475 e. The average molecular weight is 387 g/mol. The van der Waals surface area contributed by atoms with Gasteiger partial charge in [0.15, 0.2) is 0 Å². The molecule has 2 heterocycles. The Kier molecular flexibility index (Phi) is 4.98. The number of nitro groups is 1. The summed E-state index contributed by atoms with van der Waals surface area (Å²) in [5.74, 6) is -0.811. The maximum Gasteiger partial charge on any atom is 0.362 e. The predicted octanol–water partition coefficient (Wildman–Crippen LogP) is 1.58. The van der Waals surface area contributed by atoms with Gasteiger partial charge in [-0.3, -0.25) is 24.7 Å². The fourth-order valence-electron chi connectivity index (χ4n) is 1.97. The van der Waals surface area contributed by atoms with Crippen LogP contribution in [0, 0.1) is 10.1 Å². The van der Waals surface area contributed by atoms with Gasteiger partial charge < -0.3 is 9.64 Å². The molecule has 23 heavy (non-hydrogen) atoms. The van der Waals surface area contributed by atoms with E-state index in [0.717, 1.165) is 4.47 Å². The number of rotatable bonds is 6. The Morgan fingerprint density at radius 1 is 1.61 bits per heavy atom. The van der Waals surface area contributed by atoms with Gasteiger partial charge in [0.2, 0.25) is 5.69 Å². The normalized spacial score (nSPS) is 10.6. The fraction of sp³-hybridized carbons (Fsp3) is 0.417. The van der Waals surface area contributed by atoms with Crippen molar-refractivity contribution in [2.24, 2.45) is 0 Å². The van der Waals surface area contributed by atoms with Crippen LogP contribution in [0.5, 0.6) is 5.88 Å². The summed E-state index contributed by atoms with van der Waals surface area (Å²) in [5.41, 5.74) is -0.0697. The predicted molar refractivity (Wildman–Crippen MR) is 83.2 cm³/mol. The minimum absolute atomic E-state index is 0.185. The van der Waals surface area contributed by atoms with Crippen LogP contribution in [0.4, 0.5) is 5.69 Å². The third-order valence-electron chi connectivity index (χ3n) is 3.14. The molecule has 2 aromatic rings. The molecule has 0 saturated carbocycles. The zero-order chi connectivity index (χ0) is 17.1. The molecule has 0 fully saturated rings. The zero-order valence-corrected chi connectivity index (χ0v) is 14.3. The molecule has 0 aliphatic carbocycles. The van der Waals surface area contributed by atoms with Gasteiger partial charge in [-0.1, -0.05) is 0 Å². The Bertz CT molecular complexity index is 740. The lowest BCUT2D eigenvalue weighted by atomic mass is 10.3. The minimum Gasteiger partial charge on any atom is -0.475 e. The summed E-state index contributed by atoms with van der Waals surface area (Å²) in [6, 6.07) is 0. The second kappa shape index (κ2) is 6.77. The maximum atomic E-state index is 12.4. The number of nitrogens with zero attached hydrogens (tertiary/aromatic N) is 5. The molecule has 0 bridgehead atoms. The lowest BCUT2D eigenvalue weighted by Crippen LogP contribution is -2.27. The van der Waals surface area contributed by atoms with E-state index in [0.29, 0.717) is 12.2 Å². The summed E-state index contributed by atoms with van der Waals surface area (Å²) in [5, 5.41) is 21.4. The molecule has 1 amide bonds. The Labute approximate surface area is 139 Å². The van der Waals surface area contributed by atoms with Crippen LogP contribution in [0.1, 0.15) is 23.1 Å². The highest BCUT2D eigenvalue weighted by molar-refractivity contribution is 9.10. The molecule has 0 radical (unpaired) electrons. The van der Waals surface area contributed by atoms with E-state index in [1.165, 1.54) is 19.1 Å². The second-order valence-electron chi connectivity index (χ2n) is 4.65. The summed E-state index contributed by atoms with van der Waals surface area (Å²) >= 11 is 3.38. The van der Waals surface area contributed by atoms with Crippen LogP contribution in [-0.4, -0.2) is 49.9 Å². The van der Waals surface area contributed by atoms with Crippen molar-refractivity contribution in [2.45, 2.75) is 20.0 Å². The van der Waals surface area contributed by atoms with Gasteiger partial charge in [0, 0.05) is 19.8 Å². The summed E-state index contributed by atoms with van der Waals surface area (Å²) in [6.07, 6.45) is 1.80. The molecule has 0 spiro atoms. The molecule has 0 aromatic carbocycles. The average Bonchev–Trinajstić information content (AvgIpc) is 3.10. The maximum absolute atomic E-state index is 12.4. The molecule has 0 aliphatic rings. The van der Waals surface area contributed by atoms with Gasteiger partial charge in [-0.05, 0) is 22.9 Å². The van der Waals surface area contributed by atoms with Crippen LogP contribution in [-0.2, 0) is 13.1 Å². The van der Waals surface area contributed by atoms with E-state index >= 15 is 0 Å². The van der Waals surface area contributed by atoms with Crippen LogP contribution in [0.2, 0.25) is 0 Å². The van der Waals surface area contributed by atoms with Gasteiger partial charge in [-0.2, -0.15) is 5.10 Å². The van der Waals surface area contributed by atoms with Crippen molar-refractivity contribution in [1.82, 2.24) is 24.9 Å². The highest BCUT2D eigenvalue weighted by Gasteiger charge is 2.32. The molecule has 11 heteroatoms. The van der Waals surface area contributed by atoms with Crippen molar-refractivity contribution in [3.05, 3.63) is 32.2 Å². The quantitative estimate of drug-likeness (QED) is 0.594. The Hall–Kier alpha value is -2.43. The Balaban J connectivity index is 2.24. The molecule has 0 unspecified atom stereocenters. The van der Waals surface area contributed by atoms with Gasteiger partial charge in [-0.15, -0.1) is 5.10 Å². The number of H-pyrrole nitrogens is 1. The van der Waals surface area contributed by atoms with Crippen LogP contribution in [0.15, 0.2) is 10.7 Å². The molecule has 1 N–H and O–H groups in total. The summed E-state index contributed by atoms with van der Waals surface area (Å²) in [4.78, 5) is 24.2. The lowest BCUT2D eigenvalue weighted by molar-refractivity contribution is -0.386. The van der Waals surface area contributed by atoms with Crippen LogP contribution in [0.25, 0.3) is 0 Å². The second-order valence-corrected chi connectivity index (χ2v) is 5.51. The monoisotopic (exact) mass is 386 g/mol. The van der Waals surface area contributed by atoms with E-state index < -0.39 is 16.5 Å². The first-order valence-electron chi connectivity index (χ1n) is 6.63. The third kappa shape index (κ3) is 3.33. The summed E-state index contributed by atoms with van der Waals surface area (Å²) in [7, 11) is 2.77. The highest BCUT2D eigenvalue weighted by Crippen LogP contribution is 2.28. The zero-order valence-electron chi connectivity index (χ0n) is 12.7. The first kappa shape index (κ1) is 16.9. The first-order chi connectivity index (χ1) is 10.9. The molecule has 124 valence electrons. The number of nitrogens with one attached hydrogen (secondary N) is 1. The van der Waals surface area contributed by atoms with E-state index in [2.05, 4.69) is 31.2 Å². The molecular formula is C12H15BrN6O4. The van der Waals surface area contributed by atoms with Crippen molar-refractivity contribution >= 4 is 27.5 Å². The van der Waals surface area contributed by atoms with Crippen molar-refractivity contribution in [2.75, 3.05) is 14.2 Å². The standard InChI is InChI=1S/C12H15BrN6O4/c1-4-18-5-7(13)8(16-18)6-17(2)12(20)9-10(19(21)22)11(23-3)15-14-9/h5H,4,6H2,1-3H3,(H,14,15). The number of ether oxygens (including phenoxy) is 1. The lowest BCUT2D eigenvalue weighted by Gasteiger charge is -2.14. The fourth-order valence-corrected chi connectivity index (χ4v) is 2.41. The van der Waals surface area contributed by atoms with Gasteiger partial charge in [0.25, 0.3) is 5.91 Å². The highest BCUT2D eigenvalue weighted by atomic mass is 79.9. The number of carbonyl (C=O) groups excluding carboxylic acids is 1. The van der Waals surface area contributed by atoms with E-state index in [4.69, 9.17) is 4.74 Å². The van der Waals surface area contributed by atoms with Gasteiger partial charge in [0.05, 0.1) is 28.7 Å². The Morgan fingerprint density at radius 2 is 2.30 bits per heavy atom. The van der Waals surface area contributed by atoms with E-state index in [1.54, 1.807) is 10.9 Å². The number of hydrogen-bond acceptors (Lipinski definition) is 6. The molecule has 0 atom stereocenters. The van der Waals surface area contributed by atoms with Crippen LogP contribution in [0.3, 0.4) is 0 Å². The number of carbonyl (C=O) groups is 1. The number of methoxy groups -OCH3 is 1. The first-order valence-corrected chi connectivity index (χ1v) is 7.42. The number of aromatic amines is 1. The minimum atomic E-state index is -0.703. The SMILES string of the molecule is CCn1cc(Br)c(CN(C)C(=O)c2[nH]nc(OC)c2[N+](=O)[O-])n1. The van der Waals surface area contributed by atoms with E-state index in [1.807, 2.05) is 6.92 Å². The van der Waals surface area contributed by atoms with Crippen molar-refractivity contribution in [1.29, 1.82) is 0 Å². The summed E-state index contributed by atoms with van der Waals surface area (Å²) < 4.78 is 7.28. The molecule has 0 saturated heterocycles. The molecule has 2 aromatic heterocycles. The Morgan fingerprint density at radius 3 is 2.83 bits per heavy atom. The number of amides is 1. The third-order valence-corrected chi connectivity index (χ3v) is 3.81. The van der Waals surface area contributed by atoms with Gasteiger partial charge in [0.1, 0.15) is 0 Å². The number of hydrogen-bond donors (Lipinski definition) is 1. The van der Waals surface area contributed by atoms with Gasteiger partial charge >= 0.3 is 11.6 Å². The van der Waals surface area contributed by atoms with Gasteiger partial charge in [-0.25, -0.2) is 0 Å². The molecule has 0 aliphatic heterocycles. The van der Waals surface area contributed by atoms with Crippen molar-refractivity contribution in [3.63, 3.8) is 0 Å². The molecular weight excluding hydrogens is 372 g/mol. The number of aryl methyl sites for hydroxylation is 1. The van der Waals surface area contributed by atoms with Crippen molar-refractivity contribution in [3.8, 4) is 5.88 Å². The topological polar surface area (TPSA) is 119 Å². The van der Waals surface area contributed by atoms with E-state index in [-0.39, 0.29) is 18.1 Å². The number of halogens is 1. The molecule has 2 rings (SSSR count). The van der Waals surface area contributed by atoms with Crippen LogP contribution >= 0.6 is 15.9 Å². The van der Waals surface area contributed by atoms with Crippen molar-refractivity contribution < 1.29 is 14.5 Å².